The molecule has 144 valence electrons. The number of benzene rings is 2. The van der Waals surface area contributed by atoms with Gasteiger partial charge in [-0.05, 0) is 43.2 Å². The first-order valence-corrected chi connectivity index (χ1v) is 9.10. The van der Waals surface area contributed by atoms with Crippen LogP contribution in [0, 0.1) is 13.8 Å². The second kappa shape index (κ2) is 8.52. The van der Waals surface area contributed by atoms with E-state index in [-0.39, 0.29) is 6.42 Å². The molecule has 2 N–H and O–H groups in total. The van der Waals surface area contributed by atoms with Gasteiger partial charge in [-0.15, -0.1) is 0 Å². The minimum absolute atomic E-state index is 0.230. The van der Waals surface area contributed by atoms with Gasteiger partial charge in [0.2, 0.25) is 0 Å². The number of nitrogens with zero attached hydrogens (tertiary/aromatic N) is 2. The van der Waals surface area contributed by atoms with Crippen LogP contribution < -0.4 is 5.32 Å². The molecule has 1 heterocycles. The molecule has 0 radical (unpaired) electrons. The summed E-state index contributed by atoms with van der Waals surface area (Å²) in [5.41, 5.74) is 4.19. The Kier molecular flexibility index (Phi) is 5.89. The van der Waals surface area contributed by atoms with E-state index < -0.39 is 17.9 Å². The summed E-state index contributed by atoms with van der Waals surface area (Å²) in [5.74, 6) is -1.46. The molecule has 1 amide bonds. The number of carboxylic acid groups (broad SMARTS) is 1. The fourth-order valence-corrected chi connectivity index (χ4v) is 3.11. The minimum Gasteiger partial charge on any atom is -0.480 e. The molecule has 0 aliphatic carbocycles. The predicted molar refractivity (Wildman–Crippen MR) is 106 cm³/mol. The number of carbonyl (C=O) groups excluding carboxylic acids is 1. The maximum absolute atomic E-state index is 12.6. The standard InChI is InChI=1S/C22H23N3O3/c1-15-11-16(2)25(24-15)14-18-9-6-10-19(12-18)21(26)23-20(22(27)28)13-17-7-4-3-5-8-17/h3-12,20H,13-14H2,1-2H3,(H,23,26)(H,27,28)/t20-/m1/s1. The van der Waals surface area contributed by atoms with Crippen molar-refractivity contribution in [3.63, 3.8) is 0 Å². The van der Waals surface area contributed by atoms with Gasteiger partial charge in [0.1, 0.15) is 6.04 Å². The molecule has 6 heteroatoms. The van der Waals surface area contributed by atoms with Crippen LogP contribution in [0.4, 0.5) is 0 Å². The Morgan fingerprint density at radius 2 is 1.75 bits per heavy atom. The lowest BCUT2D eigenvalue weighted by Gasteiger charge is -2.15. The Bertz CT molecular complexity index is 980. The number of aromatic nitrogens is 2. The largest absolute Gasteiger partial charge is 0.480 e. The average Bonchev–Trinajstić information content (AvgIpc) is 2.99. The van der Waals surface area contributed by atoms with Crippen molar-refractivity contribution in [1.29, 1.82) is 0 Å². The molecule has 0 aliphatic heterocycles. The van der Waals surface area contributed by atoms with Crippen molar-refractivity contribution < 1.29 is 14.7 Å². The summed E-state index contributed by atoms with van der Waals surface area (Å²) < 4.78 is 1.88. The number of hydrogen-bond donors (Lipinski definition) is 2. The Morgan fingerprint density at radius 3 is 2.39 bits per heavy atom. The van der Waals surface area contributed by atoms with Crippen LogP contribution in [0.3, 0.4) is 0 Å². The lowest BCUT2D eigenvalue weighted by molar-refractivity contribution is -0.139. The topological polar surface area (TPSA) is 84.2 Å². The van der Waals surface area contributed by atoms with Gasteiger partial charge >= 0.3 is 5.97 Å². The van der Waals surface area contributed by atoms with E-state index in [2.05, 4.69) is 10.4 Å². The van der Waals surface area contributed by atoms with Crippen LogP contribution in [0.25, 0.3) is 0 Å². The van der Waals surface area contributed by atoms with E-state index in [9.17, 15) is 14.7 Å². The van der Waals surface area contributed by atoms with E-state index in [4.69, 9.17) is 0 Å². The van der Waals surface area contributed by atoms with Gasteiger partial charge in [-0.1, -0.05) is 42.5 Å². The van der Waals surface area contributed by atoms with Crippen LogP contribution in [0.1, 0.15) is 32.9 Å². The van der Waals surface area contributed by atoms with E-state index in [1.54, 1.807) is 18.2 Å². The van der Waals surface area contributed by atoms with Crippen molar-refractivity contribution in [2.75, 3.05) is 0 Å². The highest BCUT2D eigenvalue weighted by Crippen LogP contribution is 2.11. The summed E-state index contributed by atoms with van der Waals surface area (Å²) in [6, 6.07) is 17.4. The molecule has 3 rings (SSSR count). The minimum atomic E-state index is -1.06. The maximum Gasteiger partial charge on any atom is 0.326 e. The highest BCUT2D eigenvalue weighted by atomic mass is 16.4. The van der Waals surface area contributed by atoms with Crippen LogP contribution in [-0.4, -0.2) is 32.8 Å². The number of hydrogen-bond acceptors (Lipinski definition) is 3. The summed E-state index contributed by atoms with van der Waals surface area (Å²) in [6.45, 7) is 4.47. The zero-order chi connectivity index (χ0) is 20.1. The average molecular weight is 377 g/mol. The molecule has 0 saturated carbocycles. The molecule has 0 spiro atoms. The van der Waals surface area contributed by atoms with E-state index in [1.165, 1.54) is 0 Å². The molecule has 1 aromatic heterocycles. The molecule has 0 unspecified atom stereocenters. The second-order valence-corrected chi connectivity index (χ2v) is 6.84. The molecule has 28 heavy (non-hydrogen) atoms. The molecule has 0 aliphatic rings. The third kappa shape index (κ3) is 4.85. The van der Waals surface area contributed by atoms with Crippen molar-refractivity contribution in [1.82, 2.24) is 15.1 Å². The Hall–Kier alpha value is -3.41. The predicted octanol–water partition coefficient (Wildman–Crippen LogP) is 2.97. The Labute approximate surface area is 163 Å². The number of aryl methyl sites for hydroxylation is 2. The summed E-state index contributed by atoms with van der Waals surface area (Å²) in [7, 11) is 0. The van der Waals surface area contributed by atoms with Gasteiger partial charge in [0.25, 0.3) is 5.91 Å². The SMILES string of the molecule is Cc1cc(C)n(Cc2cccc(C(=O)N[C@H](Cc3ccccc3)C(=O)O)c2)n1. The first kappa shape index (κ1) is 19.4. The molecule has 3 aromatic rings. The van der Waals surface area contributed by atoms with Gasteiger partial charge in [-0.3, -0.25) is 9.48 Å². The molecule has 2 aromatic carbocycles. The number of amides is 1. The van der Waals surface area contributed by atoms with Crippen LogP contribution in [-0.2, 0) is 17.8 Å². The van der Waals surface area contributed by atoms with Crippen molar-refractivity contribution >= 4 is 11.9 Å². The van der Waals surface area contributed by atoms with Crippen molar-refractivity contribution in [3.05, 3.63) is 88.7 Å². The van der Waals surface area contributed by atoms with Crippen LogP contribution >= 0.6 is 0 Å². The Morgan fingerprint density at radius 1 is 1.04 bits per heavy atom. The zero-order valence-electron chi connectivity index (χ0n) is 15.9. The molecule has 1 atom stereocenters. The lowest BCUT2D eigenvalue weighted by atomic mass is 10.0. The molecule has 0 saturated heterocycles. The van der Waals surface area contributed by atoms with Gasteiger partial charge in [0.15, 0.2) is 0 Å². The van der Waals surface area contributed by atoms with Gasteiger partial charge in [0.05, 0.1) is 12.2 Å². The van der Waals surface area contributed by atoms with Gasteiger partial charge in [-0.2, -0.15) is 5.10 Å². The highest BCUT2D eigenvalue weighted by molar-refractivity contribution is 5.96. The summed E-state index contributed by atoms with van der Waals surface area (Å²) in [6.07, 6.45) is 0.230. The van der Waals surface area contributed by atoms with Gasteiger partial charge in [0, 0.05) is 17.7 Å². The number of carboxylic acids is 1. The van der Waals surface area contributed by atoms with E-state index in [0.717, 1.165) is 22.5 Å². The van der Waals surface area contributed by atoms with Crippen LogP contribution in [0.2, 0.25) is 0 Å². The first-order valence-electron chi connectivity index (χ1n) is 9.10. The molecule has 6 nitrogen and oxygen atoms in total. The third-order valence-corrected chi connectivity index (χ3v) is 4.51. The van der Waals surface area contributed by atoms with Crippen molar-refractivity contribution in [2.45, 2.75) is 32.9 Å². The number of rotatable bonds is 7. The van der Waals surface area contributed by atoms with Crippen molar-refractivity contribution in [3.8, 4) is 0 Å². The second-order valence-electron chi connectivity index (χ2n) is 6.84. The van der Waals surface area contributed by atoms with E-state index in [0.29, 0.717) is 12.1 Å². The van der Waals surface area contributed by atoms with Crippen LogP contribution in [0.15, 0.2) is 60.7 Å². The Balaban J connectivity index is 1.72. The molecule has 0 bridgehead atoms. The monoisotopic (exact) mass is 377 g/mol. The van der Waals surface area contributed by atoms with E-state index in [1.807, 2.05) is 61.0 Å². The quantitative estimate of drug-likeness (QED) is 0.663. The number of aliphatic carboxylic acids is 1. The number of carbonyl (C=O) groups is 2. The van der Waals surface area contributed by atoms with Crippen molar-refractivity contribution in [2.24, 2.45) is 0 Å². The summed E-state index contributed by atoms with van der Waals surface area (Å²) in [4.78, 5) is 24.2. The maximum atomic E-state index is 12.6. The van der Waals surface area contributed by atoms with Gasteiger partial charge in [-0.25, -0.2) is 4.79 Å². The molecular formula is C22H23N3O3. The lowest BCUT2D eigenvalue weighted by Crippen LogP contribution is -2.42. The summed E-state index contributed by atoms with van der Waals surface area (Å²) in [5, 5.41) is 16.6. The fourth-order valence-electron chi connectivity index (χ4n) is 3.11. The molecular weight excluding hydrogens is 354 g/mol. The third-order valence-electron chi connectivity index (χ3n) is 4.51. The van der Waals surface area contributed by atoms with Crippen LogP contribution in [0.5, 0.6) is 0 Å². The number of nitrogens with one attached hydrogen (secondary N) is 1. The molecule has 0 fully saturated rings. The fraction of sp³-hybridized carbons (Fsp3) is 0.227. The zero-order valence-corrected chi connectivity index (χ0v) is 15.9. The summed E-state index contributed by atoms with van der Waals surface area (Å²) >= 11 is 0. The normalized spacial score (nSPS) is 11.8. The van der Waals surface area contributed by atoms with E-state index >= 15 is 0 Å². The highest BCUT2D eigenvalue weighted by Gasteiger charge is 2.21. The smallest absolute Gasteiger partial charge is 0.326 e. The van der Waals surface area contributed by atoms with Gasteiger partial charge < -0.3 is 10.4 Å². The first-order chi connectivity index (χ1) is 13.4.